The van der Waals surface area contributed by atoms with Crippen LogP contribution in [0.3, 0.4) is 0 Å². The number of rotatable bonds is 4. The van der Waals surface area contributed by atoms with Crippen LogP contribution in [-0.2, 0) is 11.2 Å². The van der Waals surface area contributed by atoms with Gasteiger partial charge in [-0.25, -0.2) is 4.39 Å². The molecule has 1 atom stereocenters. The first-order chi connectivity index (χ1) is 6.59. The van der Waals surface area contributed by atoms with Crippen LogP contribution in [0.4, 0.5) is 4.39 Å². The predicted molar refractivity (Wildman–Crippen MR) is 56.7 cm³/mol. The maximum atomic E-state index is 12.7. The van der Waals surface area contributed by atoms with Crippen LogP contribution in [0.15, 0.2) is 24.3 Å². The van der Waals surface area contributed by atoms with Gasteiger partial charge in [0.25, 0.3) is 0 Å². The maximum Gasteiger partial charge on any atom is 0.202 e. The van der Waals surface area contributed by atoms with Crippen LogP contribution < -0.4 is 5.73 Å². The number of benzene rings is 1. The number of hydrogen-bond acceptors (Lipinski definition) is 2. The van der Waals surface area contributed by atoms with E-state index in [0.717, 1.165) is 5.56 Å². The minimum atomic E-state index is -0.568. The predicted octanol–water partition coefficient (Wildman–Crippen LogP) is 1.54. The van der Waals surface area contributed by atoms with Gasteiger partial charge in [0.05, 0.1) is 6.04 Å². The van der Waals surface area contributed by atoms with Crippen LogP contribution in [0.25, 0.3) is 0 Å². The highest BCUT2D eigenvalue weighted by Gasteiger charge is 2.08. The van der Waals surface area contributed by atoms with Gasteiger partial charge in [0.1, 0.15) is 5.82 Å². The molecule has 0 unspecified atom stereocenters. The number of hydrogen-bond donors (Lipinski definition) is 2. The number of thiol groups is 1. The Morgan fingerprint density at radius 3 is 2.86 bits per heavy atom. The van der Waals surface area contributed by atoms with E-state index in [9.17, 15) is 9.18 Å². The molecule has 0 aliphatic rings. The second-order valence-electron chi connectivity index (χ2n) is 3.11. The van der Waals surface area contributed by atoms with Crippen LogP contribution in [0.5, 0.6) is 0 Å². The molecule has 1 rings (SSSR count). The molecular weight excluding hydrogens is 201 g/mol. The molecular formula is C10H12FNOS. The average Bonchev–Trinajstić information content (AvgIpc) is 2.14. The van der Waals surface area contributed by atoms with Crippen molar-refractivity contribution in [1.29, 1.82) is 0 Å². The van der Waals surface area contributed by atoms with Crippen LogP contribution >= 0.6 is 12.6 Å². The van der Waals surface area contributed by atoms with Gasteiger partial charge in [-0.3, -0.25) is 4.79 Å². The van der Waals surface area contributed by atoms with Gasteiger partial charge in [0.2, 0.25) is 5.12 Å². The summed E-state index contributed by atoms with van der Waals surface area (Å²) in [5.74, 6) is -0.270. The smallest absolute Gasteiger partial charge is 0.202 e. The number of halogens is 1. The Hall–Kier alpha value is -0.870. The minimum Gasteiger partial charge on any atom is -0.321 e. The lowest BCUT2D eigenvalue weighted by molar-refractivity contribution is -0.112. The van der Waals surface area contributed by atoms with Crippen molar-refractivity contribution in [2.45, 2.75) is 18.9 Å². The summed E-state index contributed by atoms with van der Waals surface area (Å²) < 4.78 is 12.7. The van der Waals surface area contributed by atoms with Gasteiger partial charge in [-0.1, -0.05) is 12.1 Å². The highest BCUT2D eigenvalue weighted by atomic mass is 32.1. The second-order valence-corrected chi connectivity index (χ2v) is 3.55. The van der Waals surface area contributed by atoms with Crippen molar-refractivity contribution in [3.8, 4) is 0 Å². The fourth-order valence-electron chi connectivity index (χ4n) is 1.14. The Labute approximate surface area is 87.7 Å². The molecule has 0 radical (unpaired) electrons. The first-order valence-electron chi connectivity index (χ1n) is 4.32. The number of nitrogens with two attached hydrogens (primary N) is 1. The van der Waals surface area contributed by atoms with E-state index in [1.807, 2.05) is 0 Å². The lowest BCUT2D eigenvalue weighted by atomic mass is 10.1. The molecule has 0 spiro atoms. The highest BCUT2D eigenvalue weighted by Crippen LogP contribution is 2.07. The standard InChI is InChI=1S/C10H12FNOS/c11-8-3-1-2-7(6-8)4-5-9(12)10(13)14/h1-3,6,9H,4-5,12H2,(H,13,14)/t9-/m0/s1. The van der Waals surface area contributed by atoms with Crippen LogP contribution in [0.1, 0.15) is 12.0 Å². The van der Waals surface area contributed by atoms with Crippen LogP contribution in [-0.4, -0.2) is 11.2 Å². The molecule has 14 heavy (non-hydrogen) atoms. The molecule has 2 N–H and O–H groups in total. The lowest BCUT2D eigenvalue weighted by Crippen LogP contribution is -2.27. The van der Waals surface area contributed by atoms with Gasteiger partial charge in [-0.2, -0.15) is 0 Å². The van der Waals surface area contributed by atoms with E-state index in [-0.39, 0.29) is 10.9 Å². The summed E-state index contributed by atoms with van der Waals surface area (Å²) >= 11 is 3.62. The largest absolute Gasteiger partial charge is 0.321 e. The van der Waals surface area contributed by atoms with Crippen molar-refractivity contribution in [3.63, 3.8) is 0 Å². The summed E-state index contributed by atoms with van der Waals surface area (Å²) in [4.78, 5) is 10.7. The van der Waals surface area contributed by atoms with Crippen molar-refractivity contribution in [2.24, 2.45) is 5.73 Å². The number of aryl methyl sites for hydroxylation is 1. The summed E-state index contributed by atoms with van der Waals surface area (Å²) in [5, 5.41) is -0.332. The first kappa shape index (κ1) is 11.2. The Morgan fingerprint density at radius 1 is 1.57 bits per heavy atom. The Morgan fingerprint density at radius 2 is 2.29 bits per heavy atom. The molecule has 0 fully saturated rings. The lowest BCUT2D eigenvalue weighted by Gasteiger charge is -2.06. The third-order valence-corrected chi connectivity index (χ3v) is 2.28. The van der Waals surface area contributed by atoms with Gasteiger partial charge in [-0.15, -0.1) is 12.6 Å². The summed E-state index contributed by atoms with van der Waals surface area (Å²) in [5.41, 5.74) is 6.33. The third kappa shape index (κ3) is 3.47. The average molecular weight is 213 g/mol. The first-order valence-corrected chi connectivity index (χ1v) is 4.77. The molecule has 0 aromatic heterocycles. The van der Waals surface area contributed by atoms with E-state index in [1.165, 1.54) is 12.1 Å². The Bertz CT molecular complexity index is 330. The minimum absolute atomic E-state index is 0.270. The molecule has 0 aliphatic carbocycles. The molecule has 0 bridgehead atoms. The normalized spacial score (nSPS) is 12.5. The summed E-state index contributed by atoms with van der Waals surface area (Å²) in [6.45, 7) is 0. The van der Waals surface area contributed by atoms with Gasteiger partial charge in [-0.05, 0) is 30.5 Å². The Kier molecular flexibility index (Phi) is 4.10. The summed E-state index contributed by atoms with van der Waals surface area (Å²) in [6, 6.07) is 5.70. The van der Waals surface area contributed by atoms with E-state index in [1.54, 1.807) is 12.1 Å². The SMILES string of the molecule is N[C@@H](CCc1cccc(F)c1)C(=O)S. The topological polar surface area (TPSA) is 43.1 Å². The molecule has 0 saturated heterocycles. The fourth-order valence-corrected chi connectivity index (χ4v) is 1.27. The van der Waals surface area contributed by atoms with Crippen molar-refractivity contribution in [3.05, 3.63) is 35.6 Å². The quantitative estimate of drug-likeness (QED) is 0.745. The fraction of sp³-hybridized carbons (Fsp3) is 0.300. The van der Waals surface area contributed by atoms with Crippen molar-refractivity contribution >= 4 is 17.7 Å². The van der Waals surface area contributed by atoms with Gasteiger partial charge < -0.3 is 5.73 Å². The number of carbonyl (C=O) groups excluding carboxylic acids is 1. The molecule has 0 aliphatic heterocycles. The van der Waals surface area contributed by atoms with E-state index in [0.29, 0.717) is 12.8 Å². The Balaban J connectivity index is 2.49. The zero-order valence-electron chi connectivity index (χ0n) is 7.61. The second kappa shape index (κ2) is 5.12. The van der Waals surface area contributed by atoms with Crippen molar-refractivity contribution < 1.29 is 9.18 Å². The summed E-state index contributed by atoms with van der Waals surface area (Å²) in [6.07, 6.45) is 1.08. The van der Waals surface area contributed by atoms with Crippen LogP contribution in [0.2, 0.25) is 0 Å². The van der Waals surface area contributed by atoms with Gasteiger partial charge in [0, 0.05) is 0 Å². The molecule has 4 heteroatoms. The molecule has 0 amide bonds. The molecule has 1 aromatic rings. The van der Waals surface area contributed by atoms with Crippen LogP contribution in [0, 0.1) is 5.82 Å². The summed E-state index contributed by atoms with van der Waals surface area (Å²) in [7, 11) is 0. The van der Waals surface area contributed by atoms with Gasteiger partial charge >= 0.3 is 0 Å². The molecule has 1 aromatic carbocycles. The zero-order valence-corrected chi connectivity index (χ0v) is 8.51. The number of carbonyl (C=O) groups is 1. The van der Waals surface area contributed by atoms with E-state index in [4.69, 9.17) is 5.73 Å². The zero-order chi connectivity index (χ0) is 10.6. The molecule has 0 saturated carbocycles. The van der Waals surface area contributed by atoms with E-state index in [2.05, 4.69) is 12.6 Å². The highest BCUT2D eigenvalue weighted by molar-refractivity contribution is 7.96. The van der Waals surface area contributed by atoms with Gasteiger partial charge in [0.15, 0.2) is 0 Å². The van der Waals surface area contributed by atoms with E-state index >= 15 is 0 Å². The molecule has 2 nitrogen and oxygen atoms in total. The third-order valence-electron chi connectivity index (χ3n) is 1.95. The van der Waals surface area contributed by atoms with Crippen molar-refractivity contribution in [2.75, 3.05) is 0 Å². The maximum absolute atomic E-state index is 12.7. The van der Waals surface area contributed by atoms with E-state index < -0.39 is 6.04 Å². The monoisotopic (exact) mass is 213 g/mol. The molecule has 0 heterocycles. The molecule has 76 valence electrons. The van der Waals surface area contributed by atoms with Crippen molar-refractivity contribution in [1.82, 2.24) is 0 Å².